The highest BCUT2D eigenvalue weighted by atomic mass is 127. The number of alkyl halides is 2. The van der Waals surface area contributed by atoms with Crippen molar-refractivity contribution in [3.63, 3.8) is 0 Å². The van der Waals surface area contributed by atoms with E-state index in [-0.39, 0.29) is 5.56 Å². The Morgan fingerprint density at radius 3 is 2.42 bits per heavy atom. The van der Waals surface area contributed by atoms with Gasteiger partial charge in [0.25, 0.3) is 6.43 Å². The number of nitrogens with zero attached hydrogens (tertiary/aromatic N) is 1. The first-order valence-corrected chi connectivity index (χ1v) is 5.28. The molecule has 1 aromatic heterocycles. The molecule has 0 amide bonds. The van der Waals surface area contributed by atoms with Gasteiger partial charge in [-0.25, -0.2) is 13.8 Å². The number of rotatable bonds is 1. The van der Waals surface area contributed by atoms with Crippen molar-refractivity contribution in [2.24, 2.45) is 0 Å². The van der Waals surface area contributed by atoms with E-state index in [1.54, 1.807) is 6.92 Å². The Kier molecular flexibility index (Phi) is 3.62. The number of halogens is 4. The lowest BCUT2D eigenvalue weighted by Gasteiger charge is -2.07. The Morgan fingerprint density at radius 2 is 2.00 bits per heavy atom. The Balaban J connectivity index is 3.33. The van der Waals surface area contributed by atoms with Crippen molar-refractivity contribution in [3.8, 4) is 0 Å². The van der Waals surface area contributed by atoms with Gasteiger partial charge < -0.3 is 0 Å². The van der Waals surface area contributed by atoms with Crippen LogP contribution >= 0.6 is 45.2 Å². The second kappa shape index (κ2) is 4.12. The van der Waals surface area contributed by atoms with Crippen LogP contribution in [0.15, 0.2) is 6.20 Å². The Morgan fingerprint density at radius 1 is 1.42 bits per heavy atom. The minimum Gasteiger partial charge on any atom is -0.249 e. The van der Waals surface area contributed by atoms with Crippen molar-refractivity contribution in [2.75, 3.05) is 0 Å². The summed E-state index contributed by atoms with van der Waals surface area (Å²) in [5.41, 5.74) is 0.657. The summed E-state index contributed by atoms with van der Waals surface area (Å²) in [5.74, 6) is 0. The van der Waals surface area contributed by atoms with Crippen molar-refractivity contribution in [1.82, 2.24) is 4.98 Å². The van der Waals surface area contributed by atoms with E-state index in [4.69, 9.17) is 0 Å². The van der Waals surface area contributed by atoms with Gasteiger partial charge in [0.2, 0.25) is 0 Å². The maximum Gasteiger partial charge on any atom is 0.265 e. The molecule has 1 heterocycles. The number of aryl methyl sites for hydroxylation is 1. The highest BCUT2D eigenvalue weighted by Crippen LogP contribution is 2.29. The SMILES string of the molecule is Cc1cnc(I)c(I)c1C(F)F. The first kappa shape index (κ1) is 10.6. The standard InChI is InChI=1S/C7H5F2I2N/c1-3-2-12-7(11)5(10)4(3)6(8)9/h2,6H,1H3. The first-order valence-electron chi connectivity index (χ1n) is 3.12. The molecule has 0 radical (unpaired) electrons. The molecule has 0 saturated heterocycles. The van der Waals surface area contributed by atoms with Crippen molar-refractivity contribution in [3.05, 3.63) is 24.6 Å². The molecule has 0 aromatic carbocycles. The van der Waals surface area contributed by atoms with E-state index in [1.165, 1.54) is 6.20 Å². The molecular formula is C7H5F2I2N. The van der Waals surface area contributed by atoms with Gasteiger partial charge in [-0.1, -0.05) is 0 Å². The van der Waals surface area contributed by atoms with Crippen LogP contribution in [0.4, 0.5) is 8.78 Å². The van der Waals surface area contributed by atoms with Gasteiger partial charge in [-0.05, 0) is 57.7 Å². The van der Waals surface area contributed by atoms with Crippen molar-refractivity contribution in [2.45, 2.75) is 13.3 Å². The van der Waals surface area contributed by atoms with E-state index in [9.17, 15) is 8.78 Å². The predicted octanol–water partition coefficient (Wildman–Crippen LogP) is 3.54. The molecule has 5 heteroatoms. The average molecular weight is 395 g/mol. The third-order valence-electron chi connectivity index (χ3n) is 1.43. The van der Waals surface area contributed by atoms with Gasteiger partial charge in [-0.15, -0.1) is 0 Å². The summed E-state index contributed by atoms with van der Waals surface area (Å²) in [6.07, 6.45) is -0.931. The number of hydrogen-bond acceptors (Lipinski definition) is 1. The number of pyridine rings is 1. The van der Waals surface area contributed by atoms with E-state index >= 15 is 0 Å². The third-order valence-corrected chi connectivity index (χ3v) is 4.37. The monoisotopic (exact) mass is 395 g/mol. The highest BCUT2D eigenvalue weighted by molar-refractivity contribution is 14.1. The van der Waals surface area contributed by atoms with Gasteiger partial charge in [0.05, 0.1) is 3.57 Å². The Labute approximate surface area is 96.2 Å². The maximum absolute atomic E-state index is 12.4. The van der Waals surface area contributed by atoms with Crippen LogP contribution in [0.3, 0.4) is 0 Å². The van der Waals surface area contributed by atoms with Gasteiger partial charge in [0.1, 0.15) is 3.70 Å². The molecule has 0 aliphatic rings. The molecule has 0 saturated carbocycles. The Bertz CT molecular complexity index is 302. The summed E-state index contributed by atoms with van der Waals surface area (Å²) < 4.78 is 26.1. The van der Waals surface area contributed by atoms with Gasteiger partial charge in [-0.2, -0.15) is 0 Å². The van der Waals surface area contributed by atoms with Crippen molar-refractivity contribution in [1.29, 1.82) is 0 Å². The molecule has 0 atom stereocenters. The molecule has 1 nitrogen and oxygen atoms in total. The number of hydrogen-bond donors (Lipinski definition) is 0. The predicted molar refractivity (Wildman–Crippen MR) is 59.4 cm³/mol. The van der Waals surface area contributed by atoms with Crippen LogP contribution in [-0.2, 0) is 0 Å². The second-order valence-electron chi connectivity index (χ2n) is 2.26. The van der Waals surface area contributed by atoms with E-state index in [0.717, 1.165) is 0 Å². The van der Waals surface area contributed by atoms with Gasteiger partial charge in [0, 0.05) is 11.8 Å². The lowest BCUT2D eigenvalue weighted by atomic mass is 10.2. The third kappa shape index (κ3) is 2.04. The quantitative estimate of drug-likeness (QED) is 0.524. The lowest BCUT2D eigenvalue weighted by Crippen LogP contribution is -1.98. The molecule has 0 aliphatic carbocycles. The minimum absolute atomic E-state index is 0.106. The van der Waals surface area contributed by atoms with Crippen LogP contribution in [0, 0.1) is 14.2 Å². The smallest absolute Gasteiger partial charge is 0.249 e. The van der Waals surface area contributed by atoms with Crippen LogP contribution in [0.2, 0.25) is 0 Å². The molecule has 0 N–H and O–H groups in total. The minimum atomic E-state index is -2.41. The molecule has 1 rings (SSSR count). The summed E-state index contributed by atoms with van der Waals surface area (Å²) in [5, 5.41) is 0. The fourth-order valence-electron chi connectivity index (χ4n) is 0.832. The summed E-state index contributed by atoms with van der Waals surface area (Å²) in [4.78, 5) is 3.97. The maximum atomic E-state index is 12.4. The summed E-state index contributed by atoms with van der Waals surface area (Å²) in [7, 11) is 0. The normalized spacial score (nSPS) is 10.8. The molecule has 66 valence electrons. The van der Waals surface area contributed by atoms with E-state index in [0.29, 0.717) is 12.8 Å². The van der Waals surface area contributed by atoms with Crippen LogP contribution in [0.1, 0.15) is 17.6 Å². The molecule has 0 fully saturated rings. The van der Waals surface area contributed by atoms with Gasteiger partial charge in [-0.3, -0.25) is 0 Å². The fraction of sp³-hybridized carbons (Fsp3) is 0.286. The zero-order valence-corrected chi connectivity index (χ0v) is 10.4. The molecule has 0 spiro atoms. The van der Waals surface area contributed by atoms with E-state index in [2.05, 4.69) is 4.98 Å². The van der Waals surface area contributed by atoms with Crippen LogP contribution < -0.4 is 0 Å². The Hall–Kier alpha value is 0.470. The van der Waals surface area contributed by atoms with Crippen LogP contribution in [-0.4, -0.2) is 4.98 Å². The lowest BCUT2D eigenvalue weighted by molar-refractivity contribution is 0.149. The molecule has 0 unspecified atom stereocenters. The fourth-order valence-corrected chi connectivity index (χ4v) is 2.06. The summed E-state index contributed by atoms with van der Waals surface area (Å²) in [6, 6.07) is 0. The van der Waals surface area contributed by atoms with Crippen LogP contribution in [0.25, 0.3) is 0 Å². The van der Waals surface area contributed by atoms with Crippen LogP contribution in [0.5, 0.6) is 0 Å². The van der Waals surface area contributed by atoms with Crippen molar-refractivity contribution < 1.29 is 8.78 Å². The highest BCUT2D eigenvalue weighted by Gasteiger charge is 2.16. The molecule has 0 bridgehead atoms. The molecule has 12 heavy (non-hydrogen) atoms. The largest absolute Gasteiger partial charge is 0.265 e. The summed E-state index contributed by atoms with van der Waals surface area (Å²) >= 11 is 3.84. The topological polar surface area (TPSA) is 12.9 Å². The number of aromatic nitrogens is 1. The van der Waals surface area contributed by atoms with Gasteiger partial charge >= 0.3 is 0 Å². The van der Waals surface area contributed by atoms with Crippen molar-refractivity contribution >= 4 is 45.2 Å². The molecule has 0 aliphatic heterocycles. The van der Waals surface area contributed by atoms with Gasteiger partial charge in [0.15, 0.2) is 0 Å². The molecular weight excluding hydrogens is 390 g/mol. The summed E-state index contributed by atoms with van der Waals surface area (Å²) in [6.45, 7) is 1.65. The zero-order valence-electron chi connectivity index (χ0n) is 6.11. The first-order chi connectivity index (χ1) is 5.54. The van der Waals surface area contributed by atoms with E-state index in [1.807, 2.05) is 45.2 Å². The zero-order chi connectivity index (χ0) is 9.30. The second-order valence-corrected chi connectivity index (χ2v) is 4.36. The average Bonchev–Trinajstić information content (AvgIpc) is 1.97. The van der Waals surface area contributed by atoms with E-state index < -0.39 is 6.43 Å². The molecule has 1 aromatic rings.